The van der Waals surface area contributed by atoms with Gasteiger partial charge in [0.25, 0.3) is 5.91 Å². The number of carbonyl (C=O) groups excluding carboxylic acids is 12. The molecule has 105 heavy (non-hydrogen) atoms. The lowest BCUT2D eigenvalue weighted by atomic mass is 9.81. The molecule has 1 aromatic carbocycles. The summed E-state index contributed by atoms with van der Waals surface area (Å²) < 4.78 is 16.8. The summed E-state index contributed by atoms with van der Waals surface area (Å²) in [4.78, 5) is 206. The van der Waals surface area contributed by atoms with Crippen molar-refractivity contribution >= 4 is 135 Å². The Balaban J connectivity index is 1.98. The van der Waals surface area contributed by atoms with E-state index in [0.29, 0.717) is 12.0 Å². The number of ether oxygens (including phenoxy) is 3. The number of Topliss-reactive ketones (excluding diaryl/α,β-unsaturated/α-hetero) is 1. The Bertz CT molecular complexity index is 3370. The molecule has 10 amide bonds. The van der Waals surface area contributed by atoms with E-state index in [1.165, 1.54) is 65.1 Å². The second kappa shape index (κ2) is 44.6. The number of aromatic nitrogens is 1. The van der Waals surface area contributed by atoms with Gasteiger partial charge >= 0.3 is 23.9 Å². The van der Waals surface area contributed by atoms with Gasteiger partial charge in [0.15, 0.2) is 11.9 Å². The molecule has 12 atom stereocenters. The van der Waals surface area contributed by atoms with Crippen molar-refractivity contribution in [3.63, 3.8) is 0 Å². The molecule has 1 aliphatic heterocycles. The Morgan fingerprint density at radius 3 is 1.64 bits per heavy atom. The minimum atomic E-state index is -1.33. The molecule has 2 aromatic rings. The number of likely N-dealkylation sites (N-methyl/N-ethyl adjacent to an activating group) is 1. The smallest absolute Gasteiger partial charge is 0.306 e. The molecular weight excluding hydrogens is 1430 g/mol. The molecule has 0 spiro atoms. The molecule has 1 aliphatic rings. The molecule has 33 nitrogen and oxygen atoms in total. The van der Waals surface area contributed by atoms with Gasteiger partial charge in [-0.25, -0.2) is 4.98 Å². The van der Waals surface area contributed by atoms with Crippen LogP contribution in [0.15, 0.2) is 23.6 Å². The first-order valence-electron chi connectivity index (χ1n) is 34.6. The van der Waals surface area contributed by atoms with Gasteiger partial charge in [-0.1, -0.05) is 47.1 Å². The van der Waals surface area contributed by atoms with Gasteiger partial charge in [0, 0.05) is 81.2 Å². The molecule has 0 saturated heterocycles. The predicted molar refractivity (Wildman–Crippen MR) is 392 cm³/mol. The van der Waals surface area contributed by atoms with Gasteiger partial charge in [0.1, 0.15) is 34.9 Å². The third-order valence-corrected chi connectivity index (χ3v) is 21.3. The first kappa shape index (κ1) is 90.9. The summed E-state index contributed by atoms with van der Waals surface area (Å²) in [5.74, 6) is -13.4. The monoisotopic (exact) mass is 1530 g/mol. The minimum Gasteiger partial charge on any atom is -0.481 e. The van der Waals surface area contributed by atoms with Crippen molar-refractivity contribution in [3.05, 3.63) is 39.8 Å². The Labute approximate surface area is 624 Å². The van der Waals surface area contributed by atoms with Gasteiger partial charge in [-0.05, 0) is 98.0 Å². The Kier molecular flexibility index (Phi) is 38.6. The van der Waals surface area contributed by atoms with Crippen LogP contribution in [0.1, 0.15) is 162 Å². The maximum atomic E-state index is 14.5. The van der Waals surface area contributed by atoms with Crippen molar-refractivity contribution in [1.82, 2.24) is 52.0 Å². The molecule has 36 heteroatoms. The largest absolute Gasteiger partial charge is 0.481 e. The van der Waals surface area contributed by atoms with Crippen molar-refractivity contribution < 1.29 is 101 Å². The summed E-state index contributed by atoms with van der Waals surface area (Å²) in [5, 5.41) is 51.8. The zero-order chi connectivity index (χ0) is 79.2. The summed E-state index contributed by atoms with van der Waals surface area (Å²) >= 11 is 2.78. The van der Waals surface area contributed by atoms with Crippen LogP contribution in [0.5, 0.6) is 0 Å². The summed E-state index contributed by atoms with van der Waals surface area (Å²) in [6.45, 7) is 18.6. The highest BCUT2D eigenvalue weighted by atomic mass is 32.2. The number of benzene rings is 1. The standard InChI is InChI=1S/C69H106N12O21S3/c1-16-37(4)46(30-54(83)69(11,12)80(13)14)67(97)81(15)50(36(2)3)31-51(102-43(10)82)66-79-49(34-103-66)63(94)76-45(27-38(5)68(98)99)28-44-17-18-47-48(29-44)78-62(93)42(9)75-60(91)40(7)73-56(85)20-24-101-26-22-71-65(96)53(33-58(88)89)105-35-104-52(32-57(86)87)64(95)70-21-25-100-23-19-55(84)72-39(6)59(90)74-41(8)61(92)77-47/h17-18,29,34,36-42,45-46,50-53H,16,19-28,30-33,35H2,1-15H3,(H,70,95)(H,71,96)(H,72,84)(H,73,85)(H,74,90)(H,75,91)(H,76,94)(H,77,92)(H,78,93)(H,86,87)(H,88,89)(H,98,99)/t37-,38?,39-,40-,41-,42-,45+,46-,50+,51+,52?,53?/m0/s1. The summed E-state index contributed by atoms with van der Waals surface area (Å²) in [6.07, 6.45) is -2.32. The average Bonchev–Trinajstić information content (AvgIpc) is 1.34. The summed E-state index contributed by atoms with van der Waals surface area (Å²) in [7, 11) is 5.25. The number of aliphatic carboxylic acids is 3. The number of ketones is 1. The number of nitrogens with zero attached hydrogens (tertiary/aromatic N) is 3. The van der Waals surface area contributed by atoms with E-state index in [1.807, 2.05) is 27.7 Å². The maximum absolute atomic E-state index is 14.5. The van der Waals surface area contributed by atoms with Crippen LogP contribution in [-0.2, 0) is 87.8 Å². The lowest BCUT2D eigenvalue weighted by Crippen LogP contribution is -2.50. The highest BCUT2D eigenvalue weighted by Crippen LogP contribution is 2.34. The minimum absolute atomic E-state index is 0.00380. The van der Waals surface area contributed by atoms with Crippen molar-refractivity contribution in [3.8, 4) is 0 Å². The van der Waals surface area contributed by atoms with E-state index in [2.05, 4.69) is 52.8 Å². The van der Waals surface area contributed by atoms with E-state index in [-0.39, 0.29) is 129 Å². The first-order valence-corrected chi connectivity index (χ1v) is 37.6. The second-order valence-corrected chi connectivity index (χ2v) is 30.6. The van der Waals surface area contributed by atoms with Crippen LogP contribution in [0.25, 0.3) is 0 Å². The molecule has 3 unspecified atom stereocenters. The van der Waals surface area contributed by atoms with Gasteiger partial charge in [-0.2, -0.15) is 0 Å². The van der Waals surface area contributed by atoms with Gasteiger partial charge in [-0.3, -0.25) is 76.8 Å². The van der Waals surface area contributed by atoms with Crippen LogP contribution in [0.2, 0.25) is 0 Å². The van der Waals surface area contributed by atoms with Crippen LogP contribution in [0, 0.1) is 23.7 Å². The van der Waals surface area contributed by atoms with Crippen LogP contribution in [0.3, 0.4) is 0 Å². The van der Waals surface area contributed by atoms with E-state index < -0.39 is 160 Å². The molecule has 0 saturated carbocycles. The number of carbonyl (C=O) groups is 15. The molecule has 1 aromatic heterocycles. The lowest BCUT2D eigenvalue weighted by Gasteiger charge is -2.38. The van der Waals surface area contributed by atoms with Gasteiger partial charge in [-0.15, -0.1) is 34.9 Å². The fourth-order valence-electron chi connectivity index (χ4n) is 10.5. The number of amides is 10. The zero-order valence-corrected chi connectivity index (χ0v) is 64.8. The maximum Gasteiger partial charge on any atom is 0.306 e. The van der Waals surface area contributed by atoms with E-state index in [1.54, 1.807) is 44.8 Å². The fraction of sp³-hybridized carbons (Fsp3) is 0.652. The van der Waals surface area contributed by atoms with Crippen molar-refractivity contribution in [2.75, 3.05) is 76.4 Å². The SMILES string of the molecule is CC[C@H](C)[C@H](CC(=O)C(C)(C)N(C)C)C(=O)N(C)[C@H](C[C@@H](OC(C)=O)c1nc(C(=O)N[C@@H](Cc2ccc3c(c2)NC(=O)[C@H](C)NC(=O)[C@H](C)NC(=O)CCOCCNC(=O)C(CC(=O)O)SCSC(CC(=O)O)C(=O)NCCOCCC(=O)N[C@@H](C)C(=O)N[C@@H](C)C(=O)N3)CC(C)C(=O)O)cs1)C(C)C. The summed E-state index contributed by atoms with van der Waals surface area (Å²) in [5.41, 5.74) is -0.694. The number of carboxylic acid groups (broad SMARTS) is 3. The first-order chi connectivity index (χ1) is 49.2. The predicted octanol–water partition coefficient (Wildman–Crippen LogP) is 3.10. The second-order valence-electron chi connectivity index (χ2n) is 26.9. The molecule has 0 bridgehead atoms. The fourth-order valence-corrected chi connectivity index (χ4v) is 13.9. The highest BCUT2D eigenvalue weighted by molar-refractivity contribution is 8.17. The van der Waals surface area contributed by atoms with Crippen LogP contribution in [0.4, 0.5) is 11.4 Å². The molecule has 3 rings (SSSR count). The van der Waals surface area contributed by atoms with Crippen molar-refractivity contribution in [1.29, 1.82) is 0 Å². The number of thioether (sulfide) groups is 2. The highest BCUT2D eigenvalue weighted by Gasteiger charge is 2.40. The Hall–Kier alpha value is -8.32. The van der Waals surface area contributed by atoms with E-state index in [0.717, 1.165) is 34.9 Å². The number of nitrogens with one attached hydrogen (secondary N) is 9. The Morgan fingerprint density at radius 2 is 1.18 bits per heavy atom. The van der Waals surface area contributed by atoms with E-state index in [9.17, 15) is 87.2 Å². The third-order valence-electron chi connectivity index (χ3n) is 17.7. The van der Waals surface area contributed by atoms with Crippen LogP contribution >= 0.6 is 34.9 Å². The topological polar surface area (TPSA) is 472 Å². The molecule has 12 N–H and O–H groups in total. The molecule has 586 valence electrons. The third kappa shape index (κ3) is 31.3. The lowest BCUT2D eigenvalue weighted by molar-refractivity contribution is -0.150. The number of carboxylic acids is 3. The summed E-state index contributed by atoms with van der Waals surface area (Å²) in [6, 6.07) is -2.19. The van der Waals surface area contributed by atoms with Gasteiger partial charge < -0.3 is 82.3 Å². The molecule has 0 fully saturated rings. The van der Waals surface area contributed by atoms with Gasteiger partial charge in [0.2, 0.25) is 53.2 Å². The molecule has 2 heterocycles. The van der Waals surface area contributed by atoms with E-state index in [4.69, 9.17) is 14.2 Å². The van der Waals surface area contributed by atoms with Crippen molar-refractivity contribution in [2.45, 2.75) is 199 Å². The quantitative estimate of drug-likeness (QED) is 0.0672. The number of rotatable bonds is 24. The number of anilines is 2. The number of hydrogen-bond donors (Lipinski definition) is 12. The van der Waals surface area contributed by atoms with Crippen molar-refractivity contribution in [2.24, 2.45) is 23.7 Å². The normalized spacial score (nSPS) is 21.6. The number of hydrogen-bond acceptors (Lipinski definition) is 23. The zero-order valence-electron chi connectivity index (χ0n) is 62.4. The van der Waals surface area contributed by atoms with Crippen LogP contribution < -0.4 is 47.9 Å². The number of fused-ring (bicyclic) bond motifs is 1. The molecule has 0 radical (unpaired) electrons. The average molecular weight is 1540 g/mol. The number of esters is 1. The number of thiazole rings is 1. The van der Waals surface area contributed by atoms with Crippen LogP contribution in [-0.4, -0.2) is 237 Å². The van der Waals surface area contributed by atoms with Gasteiger partial charge in [0.05, 0.1) is 72.6 Å². The molecular formula is C69H106N12O21S3. The van der Waals surface area contributed by atoms with E-state index >= 15 is 0 Å². The molecule has 0 aliphatic carbocycles. The Morgan fingerprint density at radius 1 is 0.686 bits per heavy atom.